The second kappa shape index (κ2) is 7.15. The molecule has 0 aromatic heterocycles. The minimum Gasteiger partial charge on any atom is -0.497 e. The predicted molar refractivity (Wildman–Crippen MR) is 96.8 cm³/mol. The summed E-state index contributed by atoms with van der Waals surface area (Å²) < 4.78 is 16.8. The maximum atomic E-state index is 12.1. The Hall–Kier alpha value is -1.53. The van der Waals surface area contributed by atoms with Gasteiger partial charge in [-0.05, 0) is 35.8 Å². The number of amides is 1. The fraction of sp³-hybridized carbons (Fsp3) is 0.611. The molecule has 0 bridgehead atoms. The third-order valence-electron chi connectivity index (χ3n) is 4.92. The van der Waals surface area contributed by atoms with Gasteiger partial charge in [0, 0.05) is 6.54 Å². The quantitative estimate of drug-likeness (QED) is 0.726. The van der Waals surface area contributed by atoms with Crippen LogP contribution < -0.4 is 4.74 Å². The summed E-state index contributed by atoms with van der Waals surface area (Å²) in [5, 5.41) is 0.151. The molecule has 1 heterocycles. The first-order chi connectivity index (χ1) is 11.1. The predicted octanol–water partition coefficient (Wildman–Crippen LogP) is 4.04. The monoisotopic (exact) mass is 351 g/mol. The zero-order chi connectivity index (χ0) is 18.0. The minimum absolute atomic E-state index is 0.151. The summed E-state index contributed by atoms with van der Waals surface area (Å²) in [6, 6.07) is 7.72. The number of carbonyl (C=O) groups is 1. The van der Waals surface area contributed by atoms with Gasteiger partial charge in [-0.3, -0.25) is 0 Å². The van der Waals surface area contributed by atoms with E-state index in [0.29, 0.717) is 19.7 Å². The van der Waals surface area contributed by atoms with Gasteiger partial charge in [-0.1, -0.05) is 32.9 Å². The topological polar surface area (TPSA) is 48.0 Å². The molecule has 1 aromatic rings. The van der Waals surface area contributed by atoms with Crippen molar-refractivity contribution < 1.29 is 18.7 Å². The summed E-state index contributed by atoms with van der Waals surface area (Å²) >= 11 is 0. The molecule has 0 radical (unpaired) electrons. The summed E-state index contributed by atoms with van der Waals surface area (Å²) in [4.78, 5) is 13.8. The molecule has 1 atom stereocenters. The van der Waals surface area contributed by atoms with Crippen LogP contribution in [0.15, 0.2) is 24.3 Å². The van der Waals surface area contributed by atoms with E-state index >= 15 is 0 Å². The Kier molecular flexibility index (Phi) is 5.60. The minimum atomic E-state index is -1.82. The number of nitrogens with zero attached hydrogens (tertiary/aromatic N) is 1. The number of benzene rings is 1. The van der Waals surface area contributed by atoms with E-state index in [1.807, 2.05) is 24.3 Å². The molecule has 1 amide bonds. The molecule has 24 heavy (non-hydrogen) atoms. The molecule has 0 spiro atoms. The molecule has 134 valence electrons. The molecular weight excluding hydrogens is 322 g/mol. The molecule has 0 saturated carbocycles. The van der Waals surface area contributed by atoms with Gasteiger partial charge >= 0.3 is 6.09 Å². The summed E-state index contributed by atoms with van der Waals surface area (Å²) in [7, 11) is -0.186. The van der Waals surface area contributed by atoms with Crippen molar-refractivity contribution in [1.29, 1.82) is 0 Å². The molecule has 1 saturated heterocycles. The highest BCUT2D eigenvalue weighted by atomic mass is 28.4. The second-order valence-corrected chi connectivity index (χ2v) is 12.6. The fourth-order valence-corrected chi connectivity index (χ4v) is 3.30. The zero-order valence-electron chi connectivity index (χ0n) is 15.6. The van der Waals surface area contributed by atoms with Crippen LogP contribution in [0.3, 0.4) is 0 Å². The third-order valence-corrected chi connectivity index (χ3v) is 9.42. The zero-order valence-corrected chi connectivity index (χ0v) is 16.6. The first kappa shape index (κ1) is 18.8. The lowest BCUT2D eigenvalue weighted by molar-refractivity contribution is 0.0977. The fourth-order valence-electron chi connectivity index (χ4n) is 2.26. The van der Waals surface area contributed by atoms with E-state index in [4.69, 9.17) is 13.9 Å². The molecular formula is C18H29NO4Si. The van der Waals surface area contributed by atoms with Crippen molar-refractivity contribution in [1.82, 2.24) is 4.90 Å². The van der Waals surface area contributed by atoms with E-state index in [1.165, 1.54) is 0 Å². The molecule has 1 aliphatic rings. The molecule has 0 aliphatic carbocycles. The Morgan fingerprint density at radius 2 is 1.88 bits per heavy atom. The van der Waals surface area contributed by atoms with Crippen LogP contribution in [-0.2, 0) is 15.7 Å². The maximum absolute atomic E-state index is 12.1. The van der Waals surface area contributed by atoms with Crippen molar-refractivity contribution in [3.63, 3.8) is 0 Å². The Morgan fingerprint density at radius 1 is 1.25 bits per heavy atom. The molecule has 5 nitrogen and oxygen atoms in total. The Labute approximate surface area is 146 Å². The number of methoxy groups -OCH3 is 1. The molecule has 0 N–H and O–H groups in total. The molecule has 1 fully saturated rings. The SMILES string of the molecule is COc1ccc(CN2CC(CO[Si](C)(C)C(C)(C)C)OC2=O)cc1. The van der Waals surface area contributed by atoms with Gasteiger partial charge in [-0.2, -0.15) is 0 Å². The van der Waals surface area contributed by atoms with E-state index < -0.39 is 8.32 Å². The normalized spacial score (nSPS) is 18.7. The number of rotatable bonds is 6. The van der Waals surface area contributed by atoms with Crippen LogP contribution in [-0.4, -0.2) is 45.7 Å². The number of cyclic esters (lactones) is 1. The maximum Gasteiger partial charge on any atom is 0.410 e. The van der Waals surface area contributed by atoms with Gasteiger partial charge in [0.1, 0.15) is 11.9 Å². The van der Waals surface area contributed by atoms with Crippen LogP contribution in [0.2, 0.25) is 18.1 Å². The van der Waals surface area contributed by atoms with E-state index in [2.05, 4.69) is 33.9 Å². The van der Waals surface area contributed by atoms with Gasteiger partial charge in [0.25, 0.3) is 0 Å². The molecule has 1 unspecified atom stereocenters. The van der Waals surface area contributed by atoms with Crippen molar-refractivity contribution in [2.24, 2.45) is 0 Å². The van der Waals surface area contributed by atoms with Gasteiger partial charge in [0.15, 0.2) is 8.32 Å². The first-order valence-electron chi connectivity index (χ1n) is 8.35. The number of carbonyl (C=O) groups excluding carboxylic acids is 1. The van der Waals surface area contributed by atoms with Crippen molar-refractivity contribution >= 4 is 14.4 Å². The van der Waals surface area contributed by atoms with Crippen LogP contribution in [0.5, 0.6) is 5.75 Å². The van der Waals surface area contributed by atoms with Gasteiger partial charge in [-0.15, -0.1) is 0 Å². The number of hydrogen-bond donors (Lipinski definition) is 0. The largest absolute Gasteiger partial charge is 0.497 e. The van der Waals surface area contributed by atoms with E-state index in [-0.39, 0.29) is 17.2 Å². The van der Waals surface area contributed by atoms with Gasteiger partial charge in [-0.25, -0.2) is 4.79 Å². The van der Waals surface area contributed by atoms with Crippen LogP contribution in [0.4, 0.5) is 4.79 Å². The Morgan fingerprint density at radius 3 is 2.42 bits per heavy atom. The highest BCUT2D eigenvalue weighted by molar-refractivity contribution is 6.74. The Balaban J connectivity index is 1.88. The van der Waals surface area contributed by atoms with Crippen LogP contribution >= 0.6 is 0 Å². The first-order valence-corrected chi connectivity index (χ1v) is 11.3. The molecule has 6 heteroatoms. The number of ether oxygens (including phenoxy) is 2. The summed E-state index contributed by atoms with van der Waals surface area (Å²) in [6.45, 7) is 12.6. The van der Waals surface area contributed by atoms with Crippen LogP contribution in [0.1, 0.15) is 26.3 Å². The lowest BCUT2D eigenvalue weighted by Gasteiger charge is -2.36. The van der Waals surface area contributed by atoms with E-state index in [9.17, 15) is 4.79 Å². The van der Waals surface area contributed by atoms with Gasteiger partial charge in [0.05, 0.1) is 20.3 Å². The van der Waals surface area contributed by atoms with E-state index in [1.54, 1.807) is 12.0 Å². The van der Waals surface area contributed by atoms with Gasteiger partial charge < -0.3 is 18.8 Å². The smallest absolute Gasteiger partial charge is 0.410 e. The van der Waals surface area contributed by atoms with Gasteiger partial charge in [0.2, 0.25) is 0 Å². The second-order valence-electron chi connectivity index (χ2n) is 7.81. The lowest BCUT2D eigenvalue weighted by Crippen LogP contribution is -2.43. The van der Waals surface area contributed by atoms with Crippen molar-refractivity contribution in [2.75, 3.05) is 20.3 Å². The average molecular weight is 352 g/mol. The van der Waals surface area contributed by atoms with Crippen LogP contribution in [0.25, 0.3) is 0 Å². The molecule has 1 aliphatic heterocycles. The standard InChI is InChI=1S/C18H29NO4Si/c1-18(2,3)24(5,6)22-13-16-12-19(17(20)23-16)11-14-7-9-15(21-4)10-8-14/h7-10,16H,11-13H2,1-6H3. The van der Waals surface area contributed by atoms with Crippen molar-refractivity contribution in [3.05, 3.63) is 29.8 Å². The number of hydrogen-bond acceptors (Lipinski definition) is 4. The third kappa shape index (κ3) is 4.51. The Bertz CT molecular complexity index is 565. The average Bonchev–Trinajstić information content (AvgIpc) is 2.85. The van der Waals surface area contributed by atoms with Crippen LogP contribution in [0, 0.1) is 0 Å². The lowest BCUT2D eigenvalue weighted by atomic mass is 10.2. The highest BCUT2D eigenvalue weighted by Gasteiger charge is 2.39. The van der Waals surface area contributed by atoms with Crippen molar-refractivity contribution in [2.45, 2.75) is 51.6 Å². The molecule has 1 aromatic carbocycles. The summed E-state index contributed by atoms with van der Waals surface area (Å²) in [5.41, 5.74) is 1.05. The van der Waals surface area contributed by atoms with Crippen molar-refractivity contribution in [3.8, 4) is 5.75 Å². The highest BCUT2D eigenvalue weighted by Crippen LogP contribution is 2.36. The summed E-state index contributed by atoms with van der Waals surface area (Å²) in [5.74, 6) is 0.809. The van der Waals surface area contributed by atoms with E-state index in [0.717, 1.165) is 11.3 Å². The molecule has 2 rings (SSSR count). The summed E-state index contributed by atoms with van der Waals surface area (Å²) in [6.07, 6.45) is -0.459.